The van der Waals surface area contributed by atoms with E-state index in [4.69, 9.17) is 0 Å². The molecule has 2 rings (SSSR count). The predicted molar refractivity (Wildman–Crippen MR) is 70.3 cm³/mol. The number of benzene rings is 1. The van der Waals surface area contributed by atoms with Gasteiger partial charge in [-0.05, 0) is 25.3 Å². The number of thioether (sulfide) groups is 1. The molecule has 18 heavy (non-hydrogen) atoms. The van der Waals surface area contributed by atoms with E-state index in [-0.39, 0.29) is 5.69 Å². The summed E-state index contributed by atoms with van der Waals surface area (Å²) in [4.78, 5) is 12.1. The largest absolute Gasteiger partial charge is 0.298 e. The molecule has 1 heterocycles. The normalized spacial score (nSPS) is 19.4. The monoisotopic (exact) mass is 270 g/mol. The number of hydrogen-bond acceptors (Lipinski definition) is 4. The Morgan fingerprint density at radius 3 is 2.94 bits per heavy atom. The van der Waals surface area contributed by atoms with Crippen LogP contribution in [0, 0.1) is 15.9 Å². The SMILES string of the molecule is CN(Cc1ccc([N+](=O)[O-])cc1F)[C@H]1CCSC1. The minimum absolute atomic E-state index is 0.199. The lowest BCUT2D eigenvalue weighted by atomic mass is 10.1. The number of nitro benzene ring substituents is 1. The minimum Gasteiger partial charge on any atom is -0.298 e. The Morgan fingerprint density at radius 1 is 1.61 bits per heavy atom. The van der Waals surface area contributed by atoms with Crippen LogP contribution in [-0.2, 0) is 6.54 Å². The van der Waals surface area contributed by atoms with Crippen LogP contribution in [-0.4, -0.2) is 34.4 Å². The summed E-state index contributed by atoms with van der Waals surface area (Å²) in [6.45, 7) is 0.495. The van der Waals surface area contributed by atoms with Crippen molar-refractivity contribution in [2.24, 2.45) is 0 Å². The van der Waals surface area contributed by atoms with Gasteiger partial charge in [-0.25, -0.2) is 4.39 Å². The molecule has 0 amide bonds. The summed E-state index contributed by atoms with van der Waals surface area (Å²) in [6.07, 6.45) is 1.12. The van der Waals surface area contributed by atoms with Crippen LogP contribution in [0.3, 0.4) is 0 Å². The van der Waals surface area contributed by atoms with E-state index < -0.39 is 10.7 Å². The molecule has 1 aromatic rings. The smallest absolute Gasteiger partial charge is 0.272 e. The highest BCUT2D eigenvalue weighted by molar-refractivity contribution is 7.99. The quantitative estimate of drug-likeness (QED) is 0.623. The van der Waals surface area contributed by atoms with E-state index in [2.05, 4.69) is 4.90 Å². The van der Waals surface area contributed by atoms with Crippen LogP contribution in [0.15, 0.2) is 18.2 Å². The van der Waals surface area contributed by atoms with Gasteiger partial charge < -0.3 is 0 Å². The number of non-ortho nitro benzene ring substituents is 1. The average molecular weight is 270 g/mol. The Balaban J connectivity index is 2.06. The molecule has 98 valence electrons. The summed E-state index contributed by atoms with van der Waals surface area (Å²) < 4.78 is 13.7. The topological polar surface area (TPSA) is 46.4 Å². The molecular weight excluding hydrogens is 255 g/mol. The predicted octanol–water partition coefficient (Wildman–Crippen LogP) is 2.67. The zero-order valence-electron chi connectivity index (χ0n) is 10.1. The summed E-state index contributed by atoms with van der Waals surface area (Å²) in [6, 6.07) is 4.33. The van der Waals surface area contributed by atoms with E-state index >= 15 is 0 Å². The molecule has 0 spiro atoms. The lowest BCUT2D eigenvalue weighted by Crippen LogP contribution is -2.31. The molecule has 1 aromatic carbocycles. The Kier molecular flexibility index (Phi) is 4.19. The second-order valence-corrected chi connectivity index (χ2v) is 5.62. The van der Waals surface area contributed by atoms with Crippen molar-refractivity contribution >= 4 is 17.4 Å². The van der Waals surface area contributed by atoms with E-state index in [9.17, 15) is 14.5 Å². The van der Waals surface area contributed by atoms with E-state index in [0.29, 0.717) is 18.2 Å². The first-order valence-electron chi connectivity index (χ1n) is 5.78. The van der Waals surface area contributed by atoms with Crippen molar-refractivity contribution in [3.05, 3.63) is 39.7 Å². The van der Waals surface area contributed by atoms with Crippen LogP contribution in [0.1, 0.15) is 12.0 Å². The van der Waals surface area contributed by atoms with Gasteiger partial charge in [0.1, 0.15) is 5.82 Å². The number of nitrogens with zero attached hydrogens (tertiary/aromatic N) is 2. The Bertz CT molecular complexity index is 450. The van der Waals surface area contributed by atoms with Crippen molar-refractivity contribution in [3.8, 4) is 0 Å². The molecule has 0 saturated carbocycles. The highest BCUT2D eigenvalue weighted by atomic mass is 32.2. The molecule has 1 aliphatic heterocycles. The summed E-state index contributed by atoms with van der Waals surface area (Å²) in [5.74, 6) is 1.73. The molecular formula is C12H15FN2O2S. The van der Waals surface area contributed by atoms with Crippen LogP contribution < -0.4 is 0 Å². The molecule has 0 radical (unpaired) electrons. The highest BCUT2D eigenvalue weighted by Gasteiger charge is 2.21. The summed E-state index contributed by atoms with van der Waals surface area (Å²) in [5, 5.41) is 10.5. The fraction of sp³-hybridized carbons (Fsp3) is 0.500. The van der Waals surface area contributed by atoms with Gasteiger partial charge in [0.15, 0.2) is 0 Å². The third kappa shape index (κ3) is 3.00. The van der Waals surface area contributed by atoms with Crippen molar-refractivity contribution in [1.29, 1.82) is 0 Å². The lowest BCUT2D eigenvalue weighted by Gasteiger charge is -2.23. The van der Waals surface area contributed by atoms with Gasteiger partial charge in [0, 0.05) is 30.0 Å². The summed E-state index contributed by atoms with van der Waals surface area (Å²) >= 11 is 1.91. The fourth-order valence-corrected chi connectivity index (χ4v) is 3.34. The first-order valence-corrected chi connectivity index (χ1v) is 6.94. The minimum atomic E-state index is -0.579. The molecule has 1 aliphatic rings. The first kappa shape index (κ1) is 13.3. The van der Waals surface area contributed by atoms with Crippen LogP contribution in [0.2, 0.25) is 0 Å². The van der Waals surface area contributed by atoms with Gasteiger partial charge in [0.2, 0.25) is 0 Å². The molecule has 6 heteroatoms. The maximum absolute atomic E-state index is 13.7. The van der Waals surface area contributed by atoms with Gasteiger partial charge in [-0.15, -0.1) is 0 Å². The number of halogens is 1. The van der Waals surface area contributed by atoms with Gasteiger partial charge >= 0.3 is 0 Å². The van der Waals surface area contributed by atoms with Gasteiger partial charge in [-0.2, -0.15) is 11.8 Å². The number of nitro groups is 1. The van der Waals surface area contributed by atoms with Crippen molar-refractivity contribution in [3.63, 3.8) is 0 Å². The van der Waals surface area contributed by atoms with E-state index in [1.54, 1.807) is 0 Å². The molecule has 1 atom stereocenters. The number of rotatable bonds is 4. The third-order valence-electron chi connectivity index (χ3n) is 3.20. The molecule has 4 nitrogen and oxygen atoms in total. The number of hydrogen-bond donors (Lipinski definition) is 0. The van der Waals surface area contributed by atoms with Crippen LogP contribution in [0.5, 0.6) is 0 Å². The Labute approximate surface area is 109 Å². The van der Waals surface area contributed by atoms with Gasteiger partial charge in [-0.3, -0.25) is 15.0 Å². The van der Waals surface area contributed by atoms with Gasteiger partial charge in [0.05, 0.1) is 11.0 Å². The lowest BCUT2D eigenvalue weighted by molar-refractivity contribution is -0.385. The van der Waals surface area contributed by atoms with E-state index in [1.807, 2.05) is 18.8 Å². The zero-order chi connectivity index (χ0) is 13.1. The van der Waals surface area contributed by atoms with Crippen LogP contribution >= 0.6 is 11.8 Å². The average Bonchev–Trinajstić information content (AvgIpc) is 2.85. The van der Waals surface area contributed by atoms with Crippen molar-refractivity contribution in [2.45, 2.75) is 19.0 Å². The molecule has 0 unspecified atom stereocenters. The molecule has 0 bridgehead atoms. The maximum Gasteiger partial charge on any atom is 0.272 e. The molecule has 0 N–H and O–H groups in total. The molecule has 1 fully saturated rings. The van der Waals surface area contributed by atoms with Crippen molar-refractivity contribution in [2.75, 3.05) is 18.6 Å². The Hall–Kier alpha value is -1.14. The molecule has 0 aromatic heterocycles. The standard InChI is InChI=1S/C12H15FN2O2S/c1-14(11-4-5-18-8-11)7-9-2-3-10(15(16)17)6-12(9)13/h2-3,6,11H,4-5,7-8H2,1H3/t11-/m0/s1. The highest BCUT2D eigenvalue weighted by Crippen LogP contribution is 2.24. The van der Waals surface area contributed by atoms with Crippen LogP contribution in [0.4, 0.5) is 10.1 Å². The molecule has 1 saturated heterocycles. The second kappa shape index (κ2) is 5.67. The second-order valence-electron chi connectivity index (χ2n) is 4.47. The third-order valence-corrected chi connectivity index (χ3v) is 4.34. The van der Waals surface area contributed by atoms with Gasteiger partial charge in [0.25, 0.3) is 5.69 Å². The van der Waals surface area contributed by atoms with Gasteiger partial charge in [-0.1, -0.05) is 0 Å². The molecule has 0 aliphatic carbocycles. The summed E-state index contributed by atoms with van der Waals surface area (Å²) in [5.41, 5.74) is 0.315. The van der Waals surface area contributed by atoms with Crippen LogP contribution in [0.25, 0.3) is 0 Å². The van der Waals surface area contributed by atoms with Crippen molar-refractivity contribution < 1.29 is 9.31 Å². The first-order chi connectivity index (χ1) is 8.58. The van der Waals surface area contributed by atoms with Crippen molar-refractivity contribution in [1.82, 2.24) is 4.90 Å². The van der Waals surface area contributed by atoms with E-state index in [0.717, 1.165) is 24.0 Å². The van der Waals surface area contributed by atoms with E-state index in [1.165, 1.54) is 12.1 Å². The Morgan fingerprint density at radius 2 is 2.39 bits per heavy atom. The zero-order valence-corrected chi connectivity index (χ0v) is 11.0. The fourth-order valence-electron chi connectivity index (χ4n) is 2.05. The maximum atomic E-state index is 13.7. The summed E-state index contributed by atoms with van der Waals surface area (Å²) in [7, 11) is 1.97.